The summed E-state index contributed by atoms with van der Waals surface area (Å²) in [5.74, 6) is -0.0860. The predicted octanol–water partition coefficient (Wildman–Crippen LogP) is 2.01. The van der Waals surface area contributed by atoms with Gasteiger partial charge in [-0.15, -0.1) is 10.2 Å². The molecule has 0 saturated heterocycles. The van der Waals surface area contributed by atoms with E-state index in [1.165, 1.54) is 6.07 Å². The van der Waals surface area contributed by atoms with Crippen LogP contribution in [0.15, 0.2) is 24.3 Å². The lowest BCUT2D eigenvalue weighted by molar-refractivity contribution is -0.105. The summed E-state index contributed by atoms with van der Waals surface area (Å²) in [6.45, 7) is 0. The molecule has 0 saturated carbocycles. The number of rotatable bonds is 2. The summed E-state index contributed by atoms with van der Waals surface area (Å²) < 4.78 is 0. The van der Waals surface area contributed by atoms with Gasteiger partial charge in [-0.05, 0) is 18.2 Å². The number of nitrogens with zero attached hydrogens (tertiary/aromatic N) is 2. The fourth-order valence-electron chi connectivity index (χ4n) is 1.92. The largest absolute Gasteiger partial charge is 0.335 e. The molecule has 0 atom stereocenters. The molecule has 3 N–H and O–H groups in total. The molecular formula is C12H8ClN5O2. The number of amides is 2. The van der Waals surface area contributed by atoms with Gasteiger partial charge in [-0.3, -0.25) is 9.59 Å². The Labute approximate surface area is 118 Å². The quantitative estimate of drug-likeness (QED) is 0.735. The third-order valence-electron chi connectivity index (χ3n) is 2.78. The van der Waals surface area contributed by atoms with Crippen LogP contribution in [0.3, 0.4) is 0 Å². The number of carbonyl (C=O) groups is 2. The molecule has 100 valence electrons. The van der Waals surface area contributed by atoms with Crippen LogP contribution < -0.4 is 16.0 Å². The molecule has 1 aromatic carbocycles. The molecule has 8 heteroatoms. The molecule has 2 amide bonds. The van der Waals surface area contributed by atoms with Crippen molar-refractivity contribution in [2.75, 3.05) is 16.0 Å². The van der Waals surface area contributed by atoms with Crippen LogP contribution in [0.2, 0.25) is 5.15 Å². The van der Waals surface area contributed by atoms with Crippen LogP contribution in [-0.4, -0.2) is 22.5 Å². The minimum atomic E-state index is -0.355. The van der Waals surface area contributed by atoms with Crippen LogP contribution in [0.25, 0.3) is 0 Å². The zero-order valence-corrected chi connectivity index (χ0v) is 10.7. The number of hydrogen-bond acceptors (Lipinski definition) is 5. The van der Waals surface area contributed by atoms with E-state index in [0.717, 1.165) is 0 Å². The number of hydrogen-bond donors (Lipinski definition) is 3. The third kappa shape index (κ3) is 2.04. The van der Waals surface area contributed by atoms with Crippen molar-refractivity contribution in [3.8, 4) is 0 Å². The smallest absolute Gasteiger partial charge is 0.259 e. The first-order valence-electron chi connectivity index (χ1n) is 5.64. The van der Waals surface area contributed by atoms with Gasteiger partial charge in [-0.2, -0.15) is 0 Å². The SMILES string of the molecule is O=CNc1cccc2c1Nc1nnc(Cl)cc1C(=O)N2. The molecule has 0 bridgehead atoms. The topological polar surface area (TPSA) is 96.0 Å². The highest BCUT2D eigenvalue weighted by atomic mass is 35.5. The van der Waals surface area contributed by atoms with Gasteiger partial charge < -0.3 is 16.0 Å². The normalized spacial score (nSPS) is 12.3. The van der Waals surface area contributed by atoms with Gasteiger partial charge >= 0.3 is 0 Å². The van der Waals surface area contributed by atoms with Crippen LogP contribution in [0, 0.1) is 0 Å². The number of benzene rings is 1. The second-order valence-electron chi connectivity index (χ2n) is 4.00. The van der Waals surface area contributed by atoms with E-state index in [2.05, 4.69) is 26.1 Å². The summed E-state index contributed by atoms with van der Waals surface area (Å²) in [5, 5.41) is 15.9. The molecule has 0 radical (unpaired) electrons. The van der Waals surface area contributed by atoms with E-state index in [9.17, 15) is 9.59 Å². The minimum absolute atomic E-state index is 0.123. The molecule has 2 heterocycles. The van der Waals surface area contributed by atoms with Crippen molar-refractivity contribution >= 4 is 46.8 Å². The number of aromatic nitrogens is 2. The van der Waals surface area contributed by atoms with Crippen LogP contribution >= 0.6 is 11.6 Å². The monoisotopic (exact) mass is 289 g/mol. The second kappa shape index (κ2) is 4.78. The van der Waals surface area contributed by atoms with Crippen molar-refractivity contribution in [1.82, 2.24) is 10.2 Å². The summed E-state index contributed by atoms with van der Waals surface area (Å²) in [7, 11) is 0. The van der Waals surface area contributed by atoms with E-state index in [0.29, 0.717) is 23.5 Å². The highest BCUT2D eigenvalue weighted by Crippen LogP contribution is 2.36. The van der Waals surface area contributed by atoms with Gasteiger partial charge in [-0.1, -0.05) is 17.7 Å². The van der Waals surface area contributed by atoms with Gasteiger partial charge in [0.2, 0.25) is 6.41 Å². The van der Waals surface area contributed by atoms with Gasteiger partial charge in [-0.25, -0.2) is 0 Å². The van der Waals surface area contributed by atoms with E-state index in [1.54, 1.807) is 18.2 Å². The van der Waals surface area contributed by atoms with Crippen molar-refractivity contribution in [2.24, 2.45) is 0 Å². The average Bonchev–Trinajstić information content (AvgIpc) is 2.57. The molecule has 0 unspecified atom stereocenters. The molecule has 2 aromatic rings. The first-order chi connectivity index (χ1) is 9.69. The van der Waals surface area contributed by atoms with Crippen molar-refractivity contribution in [3.05, 3.63) is 35.0 Å². The maximum atomic E-state index is 12.1. The van der Waals surface area contributed by atoms with Gasteiger partial charge in [0, 0.05) is 0 Å². The number of carbonyl (C=O) groups excluding carboxylic acids is 2. The van der Waals surface area contributed by atoms with Gasteiger partial charge in [0.1, 0.15) is 0 Å². The molecule has 7 nitrogen and oxygen atoms in total. The molecule has 0 fully saturated rings. The average molecular weight is 290 g/mol. The number of nitrogens with one attached hydrogen (secondary N) is 3. The molecule has 3 rings (SSSR count). The van der Waals surface area contributed by atoms with E-state index in [4.69, 9.17) is 11.6 Å². The van der Waals surface area contributed by atoms with E-state index >= 15 is 0 Å². The Hall–Kier alpha value is -2.67. The molecule has 20 heavy (non-hydrogen) atoms. The number of para-hydroxylation sites is 1. The summed E-state index contributed by atoms with van der Waals surface area (Å²) in [6, 6.07) is 6.53. The van der Waals surface area contributed by atoms with Crippen LogP contribution in [0.1, 0.15) is 10.4 Å². The highest BCUT2D eigenvalue weighted by Gasteiger charge is 2.22. The van der Waals surface area contributed by atoms with Gasteiger partial charge in [0.15, 0.2) is 11.0 Å². The number of anilines is 4. The van der Waals surface area contributed by atoms with Crippen molar-refractivity contribution < 1.29 is 9.59 Å². The van der Waals surface area contributed by atoms with E-state index in [-0.39, 0.29) is 22.4 Å². The Morgan fingerprint density at radius 1 is 1.25 bits per heavy atom. The number of halogens is 1. The Bertz CT molecular complexity index is 719. The predicted molar refractivity (Wildman–Crippen MR) is 74.4 cm³/mol. The molecular weight excluding hydrogens is 282 g/mol. The van der Waals surface area contributed by atoms with Crippen LogP contribution in [-0.2, 0) is 4.79 Å². The lowest BCUT2D eigenvalue weighted by atomic mass is 10.2. The first-order valence-corrected chi connectivity index (χ1v) is 6.01. The highest BCUT2D eigenvalue weighted by molar-refractivity contribution is 6.30. The standard InChI is InChI=1S/C12H8ClN5O2/c13-9-4-6-11(18-17-9)16-10-7(14-5-19)2-1-3-8(10)15-12(6)20/h1-5H,(H,14,19)(H,15,20)(H,16,18). The van der Waals surface area contributed by atoms with Crippen LogP contribution in [0.5, 0.6) is 0 Å². The van der Waals surface area contributed by atoms with Crippen molar-refractivity contribution in [2.45, 2.75) is 0 Å². The minimum Gasteiger partial charge on any atom is -0.335 e. The zero-order valence-electron chi connectivity index (χ0n) is 9.98. The summed E-state index contributed by atoms with van der Waals surface area (Å²) in [6.07, 6.45) is 0.554. The lowest BCUT2D eigenvalue weighted by Gasteiger charge is -2.12. The first kappa shape index (κ1) is 12.4. The summed E-state index contributed by atoms with van der Waals surface area (Å²) in [5.41, 5.74) is 1.85. The maximum absolute atomic E-state index is 12.1. The van der Waals surface area contributed by atoms with Crippen molar-refractivity contribution in [3.63, 3.8) is 0 Å². The fourth-order valence-corrected chi connectivity index (χ4v) is 2.06. The fraction of sp³-hybridized carbons (Fsp3) is 0. The van der Waals surface area contributed by atoms with E-state index in [1.807, 2.05) is 0 Å². The molecule has 1 aliphatic rings. The van der Waals surface area contributed by atoms with Crippen molar-refractivity contribution in [1.29, 1.82) is 0 Å². The van der Waals surface area contributed by atoms with Gasteiger partial charge in [0.25, 0.3) is 5.91 Å². The second-order valence-corrected chi connectivity index (χ2v) is 4.39. The Balaban J connectivity index is 2.16. The summed E-state index contributed by atoms with van der Waals surface area (Å²) >= 11 is 5.75. The Kier molecular flexibility index (Phi) is 2.96. The zero-order chi connectivity index (χ0) is 14.1. The van der Waals surface area contributed by atoms with E-state index < -0.39 is 0 Å². The maximum Gasteiger partial charge on any atom is 0.259 e. The molecule has 1 aliphatic heterocycles. The molecule has 0 spiro atoms. The van der Waals surface area contributed by atoms with Crippen LogP contribution in [0.4, 0.5) is 22.9 Å². The Morgan fingerprint density at radius 3 is 2.90 bits per heavy atom. The van der Waals surface area contributed by atoms with Gasteiger partial charge in [0.05, 0.1) is 22.6 Å². The number of fused-ring (bicyclic) bond motifs is 2. The lowest BCUT2D eigenvalue weighted by Crippen LogP contribution is -2.11. The summed E-state index contributed by atoms with van der Waals surface area (Å²) in [4.78, 5) is 22.8. The third-order valence-corrected chi connectivity index (χ3v) is 2.96. The molecule has 0 aliphatic carbocycles. The Morgan fingerprint density at radius 2 is 2.10 bits per heavy atom. The molecule has 1 aromatic heterocycles.